The topological polar surface area (TPSA) is 84.9 Å². The average molecular weight is 441 g/mol. The van der Waals surface area contributed by atoms with Crippen molar-refractivity contribution in [3.05, 3.63) is 28.8 Å². The van der Waals surface area contributed by atoms with Gasteiger partial charge in [-0.25, -0.2) is 4.79 Å². The summed E-state index contributed by atoms with van der Waals surface area (Å²) < 4.78 is 84.7. The summed E-state index contributed by atoms with van der Waals surface area (Å²) in [6, 6.07) is 1.06. The second-order valence-electron chi connectivity index (χ2n) is 7.07. The van der Waals surface area contributed by atoms with Crippen LogP contribution in [0.25, 0.3) is 0 Å². The summed E-state index contributed by atoms with van der Waals surface area (Å²) in [5, 5.41) is 12.0. The molecule has 1 amide bonds. The van der Waals surface area contributed by atoms with Gasteiger partial charge in [0.05, 0.1) is 6.61 Å². The molecule has 0 saturated heterocycles. The van der Waals surface area contributed by atoms with Crippen molar-refractivity contribution in [2.24, 2.45) is 5.92 Å². The van der Waals surface area contributed by atoms with Crippen molar-refractivity contribution in [2.75, 3.05) is 0 Å². The maximum absolute atomic E-state index is 12.7. The Bertz CT molecular complexity index is 812. The van der Waals surface area contributed by atoms with Crippen molar-refractivity contribution in [3.8, 4) is 0 Å². The number of nitrogens with one attached hydrogen (secondary N) is 1. The van der Waals surface area contributed by atoms with Gasteiger partial charge in [0.2, 0.25) is 0 Å². The van der Waals surface area contributed by atoms with Crippen LogP contribution < -0.4 is 10.8 Å². The molecule has 0 aliphatic carbocycles. The number of esters is 1. The van der Waals surface area contributed by atoms with Crippen molar-refractivity contribution >= 4 is 24.5 Å². The number of carbonyl (C=O) groups excluding carboxylic acids is 2. The van der Waals surface area contributed by atoms with E-state index in [-0.39, 0.29) is 12.2 Å². The highest BCUT2D eigenvalue weighted by molar-refractivity contribution is 6.62. The molecule has 6 nitrogen and oxygen atoms in total. The van der Waals surface area contributed by atoms with Crippen LogP contribution in [0.3, 0.4) is 0 Å². The third kappa shape index (κ3) is 5.06. The van der Waals surface area contributed by atoms with Gasteiger partial charge in [-0.15, -0.1) is 0 Å². The predicted octanol–water partition coefficient (Wildman–Crippen LogP) is 2.00. The van der Waals surface area contributed by atoms with E-state index in [0.717, 1.165) is 0 Å². The van der Waals surface area contributed by atoms with E-state index in [1.165, 1.54) is 32.9 Å². The highest BCUT2D eigenvalue weighted by atomic mass is 19.4. The minimum atomic E-state index is -5.87. The van der Waals surface area contributed by atoms with Gasteiger partial charge < -0.3 is 19.7 Å². The Morgan fingerprint density at radius 3 is 2.23 bits per heavy atom. The van der Waals surface area contributed by atoms with E-state index in [0.29, 0.717) is 16.6 Å². The van der Waals surface area contributed by atoms with Crippen LogP contribution >= 0.6 is 0 Å². The van der Waals surface area contributed by atoms with Gasteiger partial charge in [-0.3, -0.25) is 4.79 Å². The summed E-state index contributed by atoms with van der Waals surface area (Å²) in [5.74, 6) is -3.69. The van der Waals surface area contributed by atoms with Crippen LogP contribution in [0.5, 0.6) is 0 Å². The molecule has 1 aromatic carbocycles. The summed E-state index contributed by atoms with van der Waals surface area (Å²) in [5.41, 5.74) is 1.23. The van der Waals surface area contributed by atoms with Gasteiger partial charge in [0.25, 0.3) is 12.0 Å². The number of carbonyl (C=O) groups is 2. The molecule has 30 heavy (non-hydrogen) atoms. The van der Waals surface area contributed by atoms with Gasteiger partial charge in [-0.2, -0.15) is 26.3 Å². The van der Waals surface area contributed by atoms with Crippen LogP contribution in [-0.4, -0.2) is 48.5 Å². The lowest BCUT2D eigenvalue weighted by Crippen LogP contribution is -2.51. The summed E-state index contributed by atoms with van der Waals surface area (Å²) in [6.45, 7) is 4.22. The number of fused-ring (bicyclic) bond motifs is 1. The van der Waals surface area contributed by atoms with Gasteiger partial charge in [0.15, 0.2) is 0 Å². The lowest BCUT2D eigenvalue weighted by Gasteiger charge is -2.27. The molecule has 0 aromatic heterocycles. The van der Waals surface area contributed by atoms with Crippen molar-refractivity contribution in [2.45, 2.75) is 51.9 Å². The average Bonchev–Trinajstić information content (AvgIpc) is 2.97. The fourth-order valence-corrected chi connectivity index (χ4v) is 2.98. The number of benzene rings is 1. The summed E-state index contributed by atoms with van der Waals surface area (Å²) in [6.07, 6.45) is -16.1. The lowest BCUT2D eigenvalue weighted by molar-refractivity contribution is -0.314. The maximum Gasteiger partial charge on any atom is 0.492 e. The Hall–Kier alpha value is -2.28. The Labute approximate surface area is 167 Å². The number of ether oxygens (including phenoxy) is 1. The monoisotopic (exact) mass is 441 g/mol. The molecule has 1 heterocycles. The second kappa shape index (κ2) is 8.46. The SMILES string of the molecule is Cc1c(C(=O)NC(C(=O)OC(C(F)(F)F)C(F)(F)F)C(C)C)ccc2c1B(O)OC2. The molecule has 1 aromatic rings. The Kier molecular flexibility index (Phi) is 6.77. The van der Waals surface area contributed by atoms with E-state index in [1.54, 1.807) is 0 Å². The first-order valence-corrected chi connectivity index (χ1v) is 8.71. The quantitative estimate of drug-likeness (QED) is 0.415. The molecule has 0 spiro atoms. The summed E-state index contributed by atoms with van der Waals surface area (Å²) >= 11 is 0. The fraction of sp³-hybridized carbons (Fsp3) is 0.529. The third-order valence-corrected chi connectivity index (χ3v) is 4.53. The number of halogens is 6. The Morgan fingerprint density at radius 1 is 1.17 bits per heavy atom. The molecule has 1 aliphatic heterocycles. The first-order chi connectivity index (χ1) is 13.6. The molecule has 166 valence electrons. The van der Waals surface area contributed by atoms with Crippen LogP contribution in [0.4, 0.5) is 26.3 Å². The van der Waals surface area contributed by atoms with E-state index >= 15 is 0 Å². The molecule has 1 aliphatic rings. The fourth-order valence-electron chi connectivity index (χ4n) is 2.98. The largest absolute Gasteiger partial charge is 0.492 e. The number of alkyl halides is 6. The maximum atomic E-state index is 12.7. The van der Waals surface area contributed by atoms with Crippen LogP contribution in [0.15, 0.2) is 12.1 Å². The van der Waals surface area contributed by atoms with Gasteiger partial charge in [-0.1, -0.05) is 19.9 Å². The van der Waals surface area contributed by atoms with Crippen molar-refractivity contribution < 1.29 is 50.3 Å². The van der Waals surface area contributed by atoms with Gasteiger partial charge in [0.1, 0.15) is 6.04 Å². The number of amides is 1. The minimum absolute atomic E-state index is 0.0278. The minimum Gasteiger partial charge on any atom is -0.441 e. The standard InChI is InChI=1S/C17H18BF6NO5/c1-7(2)12(14(27)30-15(16(19,20)21)17(22,23)24)25-13(26)10-5-4-9-6-29-18(28)11(9)8(10)3/h4-5,7,12,15,28H,6H2,1-3H3,(H,25,26). The zero-order valence-corrected chi connectivity index (χ0v) is 16.0. The molecule has 2 N–H and O–H groups in total. The number of hydrogen-bond acceptors (Lipinski definition) is 5. The van der Waals surface area contributed by atoms with Gasteiger partial charge in [0, 0.05) is 5.56 Å². The zero-order chi connectivity index (χ0) is 23.0. The smallest absolute Gasteiger partial charge is 0.441 e. The molecular formula is C17H18BF6NO5. The highest BCUT2D eigenvalue weighted by Crippen LogP contribution is 2.36. The zero-order valence-electron chi connectivity index (χ0n) is 16.0. The van der Waals surface area contributed by atoms with Crippen LogP contribution in [0, 0.1) is 12.8 Å². The Balaban J connectivity index is 2.25. The third-order valence-electron chi connectivity index (χ3n) is 4.53. The lowest BCUT2D eigenvalue weighted by atomic mass is 9.75. The summed E-state index contributed by atoms with van der Waals surface area (Å²) in [4.78, 5) is 24.7. The molecular weight excluding hydrogens is 423 g/mol. The van der Waals surface area contributed by atoms with Crippen LogP contribution in [0.1, 0.15) is 35.3 Å². The first kappa shape index (κ1) is 24.0. The van der Waals surface area contributed by atoms with Crippen LogP contribution in [-0.2, 0) is 20.8 Å². The van der Waals surface area contributed by atoms with E-state index in [9.17, 15) is 41.0 Å². The van der Waals surface area contributed by atoms with Gasteiger partial charge >= 0.3 is 25.4 Å². The molecule has 0 fully saturated rings. The second-order valence-corrected chi connectivity index (χ2v) is 7.07. The van der Waals surface area contributed by atoms with Crippen LogP contribution in [0.2, 0.25) is 0 Å². The Morgan fingerprint density at radius 2 is 1.73 bits per heavy atom. The highest BCUT2D eigenvalue weighted by Gasteiger charge is 2.60. The normalized spacial score (nSPS) is 15.4. The molecule has 1 atom stereocenters. The molecule has 13 heteroatoms. The van der Waals surface area contributed by atoms with E-state index in [1.807, 2.05) is 0 Å². The van der Waals surface area contributed by atoms with Gasteiger partial charge in [-0.05, 0) is 35.5 Å². The van der Waals surface area contributed by atoms with E-state index < -0.39 is 49.4 Å². The predicted molar refractivity (Wildman–Crippen MR) is 91.7 cm³/mol. The van der Waals surface area contributed by atoms with Crippen molar-refractivity contribution in [1.82, 2.24) is 5.32 Å². The molecule has 0 bridgehead atoms. The van der Waals surface area contributed by atoms with Crippen molar-refractivity contribution in [3.63, 3.8) is 0 Å². The summed E-state index contributed by atoms with van der Waals surface area (Å²) in [7, 11) is -1.28. The van der Waals surface area contributed by atoms with E-state index in [4.69, 9.17) is 4.65 Å². The molecule has 1 unspecified atom stereocenters. The number of rotatable bonds is 5. The van der Waals surface area contributed by atoms with Crippen molar-refractivity contribution in [1.29, 1.82) is 0 Å². The molecule has 0 radical (unpaired) electrons. The molecule has 0 saturated carbocycles. The number of hydrogen-bond donors (Lipinski definition) is 2. The van der Waals surface area contributed by atoms with E-state index in [2.05, 4.69) is 10.1 Å². The molecule has 2 rings (SSSR count). The first-order valence-electron chi connectivity index (χ1n) is 8.71.